The minimum atomic E-state index is -4.75. The van der Waals surface area contributed by atoms with E-state index < -0.39 is 23.5 Å². The highest BCUT2D eigenvalue weighted by Crippen LogP contribution is 2.37. The molecule has 1 N–H and O–H groups in total. The number of hydrogen-bond donors (Lipinski definition) is 1. The molecule has 33 heavy (non-hydrogen) atoms. The molecule has 0 unspecified atom stereocenters. The number of aryl methyl sites for hydroxylation is 2. The van der Waals surface area contributed by atoms with Crippen molar-refractivity contribution in [3.63, 3.8) is 0 Å². The maximum Gasteiger partial charge on any atom is 0.419 e. The summed E-state index contributed by atoms with van der Waals surface area (Å²) < 4.78 is 57.9. The number of benzene rings is 2. The molecule has 2 aromatic carbocycles. The third-order valence-electron chi connectivity index (χ3n) is 4.88. The van der Waals surface area contributed by atoms with Crippen molar-refractivity contribution in [2.24, 2.45) is 0 Å². The summed E-state index contributed by atoms with van der Waals surface area (Å²) >= 11 is 2.81. The number of rotatable bonds is 6. The van der Waals surface area contributed by atoms with Gasteiger partial charge in [0.05, 0.1) is 11.3 Å². The molecule has 5 nitrogen and oxygen atoms in total. The summed E-state index contributed by atoms with van der Waals surface area (Å²) in [4.78, 5) is 21.4. The molecule has 0 aliphatic heterocycles. The SMILES string of the molecule is Cc1nc(-c2ccc(C(F)(F)F)c(F)c2)sc1CSc1ccc2oc(CC(=O)O)nc2c1C. The Morgan fingerprint density at radius 1 is 1.18 bits per heavy atom. The van der Waals surface area contributed by atoms with Crippen LogP contribution >= 0.6 is 23.1 Å². The molecule has 0 aliphatic rings. The summed E-state index contributed by atoms with van der Waals surface area (Å²) in [6.07, 6.45) is -5.05. The van der Waals surface area contributed by atoms with Crippen LogP contribution in [0.3, 0.4) is 0 Å². The standard InChI is InChI=1S/C22H16F4N2O3S2/c1-10-16(6-5-15-20(10)28-18(31-15)8-19(29)30)32-9-17-11(2)27-21(33-17)12-3-4-13(14(23)7-12)22(24,25)26/h3-7H,8-9H2,1-2H3,(H,29,30). The van der Waals surface area contributed by atoms with Gasteiger partial charge in [-0.15, -0.1) is 23.1 Å². The van der Waals surface area contributed by atoms with E-state index in [0.717, 1.165) is 27.5 Å². The number of thioether (sulfide) groups is 1. The fourth-order valence-electron chi connectivity index (χ4n) is 3.22. The number of thiazole rings is 1. The van der Waals surface area contributed by atoms with E-state index in [2.05, 4.69) is 9.97 Å². The number of hydrogen-bond acceptors (Lipinski definition) is 6. The van der Waals surface area contributed by atoms with E-state index in [4.69, 9.17) is 9.52 Å². The second-order valence-corrected chi connectivity index (χ2v) is 9.32. The molecular weight excluding hydrogens is 480 g/mol. The Morgan fingerprint density at radius 2 is 1.94 bits per heavy atom. The Balaban J connectivity index is 1.54. The van der Waals surface area contributed by atoms with Crippen molar-refractivity contribution in [3.05, 3.63) is 63.7 Å². The number of aliphatic carboxylic acids is 1. The fourth-order valence-corrected chi connectivity index (χ4v) is 5.46. The predicted molar refractivity (Wildman–Crippen MR) is 117 cm³/mol. The molecule has 0 radical (unpaired) electrons. The van der Waals surface area contributed by atoms with E-state index in [1.165, 1.54) is 29.2 Å². The summed E-state index contributed by atoms with van der Waals surface area (Å²) in [5.74, 6) is -1.69. The monoisotopic (exact) mass is 496 g/mol. The molecule has 0 atom stereocenters. The summed E-state index contributed by atoms with van der Waals surface area (Å²) in [7, 11) is 0. The number of oxazole rings is 1. The molecule has 0 spiro atoms. The number of aromatic nitrogens is 2. The first kappa shape index (κ1) is 23.2. The van der Waals surface area contributed by atoms with Crippen LogP contribution in [0.2, 0.25) is 0 Å². The molecule has 0 saturated carbocycles. The van der Waals surface area contributed by atoms with Crippen LogP contribution in [-0.2, 0) is 23.1 Å². The van der Waals surface area contributed by atoms with E-state index >= 15 is 0 Å². The third-order valence-corrected chi connectivity index (χ3v) is 7.46. The molecule has 172 valence electrons. The summed E-state index contributed by atoms with van der Waals surface area (Å²) in [5, 5.41) is 9.36. The number of alkyl halides is 3. The van der Waals surface area contributed by atoms with E-state index in [9.17, 15) is 22.4 Å². The van der Waals surface area contributed by atoms with Gasteiger partial charge in [-0.05, 0) is 43.7 Å². The van der Waals surface area contributed by atoms with Crippen LogP contribution in [0.4, 0.5) is 17.6 Å². The van der Waals surface area contributed by atoms with Gasteiger partial charge in [0.15, 0.2) is 5.58 Å². The summed E-state index contributed by atoms with van der Waals surface area (Å²) in [6.45, 7) is 3.66. The van der Waals surface area contributed by atoms with Crippen molar-refractivity contribution < 1.29 is 31.9 Å². The smallest absolute Gasteiger partial charge is 0.419 e. The predicted octanol–water partition coefficient (Wildman–Crippen LogP) is 6.65. The number of nitrogens with zero attached hydrogens (tertiary/aromatic N) is 2. The average molecular weight is 497 g/mol. The van der Waals surface area contributed by atoms with Crippen LogP contribution in [0.5, 0.6) is 0 Å². The van der Waals surface area contributed by atoms with Crippen LogP contribution in [0.1, 0.15) is 27.6 Å². The number of carbonyl (C=O) groups is 1. The lowest BCUT2D eigenvalue weighted by atomic mass is 10.1. The molecule has 11 heteroatoms. The van der Waals surface area contributed by atoms with Crippen molar-refractivity contribution in [2.45, 2.75) is 37.1 Å². The molecule has 2 heterocycles. The van der Waals surface area contributed by atoms with Crippen LogP contribution in [0, 0.1) is 19.7 Å². The first-order valence-electron chi connectivity index (χ1n) is 9.60. The summed E-state index contributed by atoms with van der Waals surface area (Å²) in [6, 6.07) is 6.40. The lowest BCUT2D eigenvalue weighted by molar-refractivity contribution is -0.140. The maximum atomic E-state index is 14.0. The number of halogens is 4. The normalized spacial score (nSPS) is 11.9. The Hall–Kier alpha value is -2.92. The molecule has 0 bridgehead atoms. The topological polar surface area (TPSA) is 76.2 Å². The third kappa shape index (κ3) is 4.88. The van der Waals surface area contributed by atoms with Gasteiger partial charge in [-0.3, -0.25) is 4.79 Å². The zero-order chi connectivity index (χ0) is 23.9. The van der Waals surface area contributed by atoms with Crippen molar-refractivity contribution in [1.29, 1.82) is 0 Å². The first-order chi connectivity index (χ1) is 15.5. The lowest BCUT2D eigenvalue weighted by Gasteiger charge is -2.08. The van der Waals surface area contributed by atoms with Crippen LogP contribution < -0.4 is 0 Å². The zero-order valence-electron chi connectivity index (χ0n) is 17.3. The van der Waals surface area contributed by atoms with Gasteiger partial charge < -0.3 is 9.52 Å². The van der Waals surface area contributed by atoms with E-state index in [1.54, 1.807) is 13.0 Å². The van der Waals surface area contributed by atoms with E-state index in [1.807, 2.05) is 13.0 Å². The minimum absolute atomic E-state index is 0.134. The van der Waals surface area contributed by atoms with E-state index in [-0.39, 0.29) is 17.9 Å². The largest absolute Gasteiger partial charge is 0.481 e. The van der Waals surface area contributed by atoms with Crippen LogP contribution in [0.15, 0.2) is 39.6 Å². The van der Waals surface area contributed by atoms with Crippen LogP contribution in [0.25, 0.3) is 21.7 Å². The Labute approximate surface area is 193 Å². The van der Waals surface area contributed by atoms with Crippen molar-refractivity contribution >= 4 is 40.2 Å². The molecule has 0 saturated heterocycles. The van der Waals surface area contributed by atoms with Gasteiger partial charge in [-0.1, -0.05) is 6.07 Å². The van der Waals surface area contributed by atoms with Crippen molar-refractivity contribution in [2.75, 3.05) is 0 Å². The van der Waals surface area contributed by atoms with E-state index in [0.29, 0.717) is 27.6 Å². The fraction of sp³-hybridized carbons (Fsp3) is 0.227. The number of fused-ring (bicyclic) bond motifs is 1. The molecule has 4 aromatic rings. The Morgan fingerprint density at radius 3 is 2.61 bits per heavy atom. The maximum absolute atomic E-state index is 14.0. The van der Waals surface area contributed by atoms with Gasteiger partial charge in [0.25, 0.3) is 0 Å². The quantitative estimate of drug-likeness (QED) is 0.238. The first-order valence-corrected chi connectivity index (χ1v) is 11.4. The Bertz CT molecular complexity index is 1360. The summed E-state index contributed by atoms with van der Waals surface area (Å²) in [5.41, 5.74) is 1.65. The van der Waals surface area contributed by atoms with Gasteiger partial charge in [0, 0.05) is 21.1 Å². The lowest BCUT2D eigenvalue weighted by Crippen LogP contribution is -2.07. The van der Waals surface area contributed by atoms with Gasteiger partial charge in [0.1, 0.15) is 22.8 Å². The molecule has 4 rings (SSSR count). The average Bonchev–Trinajstić information content (AvgIpc) is 3.29. The molecule has 0 aliphatic carbocycles. The molecular formula is C22H16F4N2O3S2. The van der Waals surface area contributed by atoms with Gasteiger partial charge in [-0.25, -0.2) is 14.4 Å². The zero-order valence-corrected chi connectivity index (χ0v) is 18.9. The molecule has 2 aromatic heterocycles. The molecule has 0 amide bonds. The highest BCUT2D eigenvalue weighted by atomic mass is 32.2. The van der Waals surface area contributed by atoms with Gasteiger partial charge in [-0.2, -0.15) is 13.2 Å². The Kier molecular flexibility index (Phi) is 6.19. The molecule has 0 fully saturated rings. The minimum Gasteiger partial charge on any atom is -0.481 e. The van der Waals surface area contributed by atoms with Crippen LogP contribution in [-0.4, -0.2) is 21.0 Å². The second kappa shape index (κ2) is 8.79. The number of carboxylic acids is 1. The van der Waals surface area contributed by atoms with Crippen molar-refractivity contribution in [1.82, 2.24) is 9.97 Å². The van der Waals surface area contributed by atoms with Crippen molar-refractivity contribution in [3.8, 4) is 10.6 Å². The van der Waals surface area contributed by atoms with Gasteiger partial charge in [0.2, 0.25) is 5.89 Å². The highest BCUT2D eigenvalue weighted by Gasteiger charge is 2.34. The highest BCUT2D eigenvalue weighted by molar-refractivity contribution is 7.98. The number of carboxylic acid groups (broad SMARTS) is 1. The van der Waals surface area contributed by atoms with Gasteiger partial charge >= 0.3 is 12.1 Å². The second-order valence-electron chi connectivity index (χ2n) is 7.22.